The SMILES string of the molecule is COc1nscc1CN(C)c1ncnc2onc(C)c12. The maximum absolute atomic E-state index is 5.23. The molecule has 0 aromatic carbocycles. The van der Waals surface area contributed by atoms with Gasteiger partial charge in [-0.1, -0.05) is 5.16 Å². The van der Waals surface area contributed by atoms with Crippen LogP contribution >= 0.6 is 11.5 Å². The average molecular weight is 291 g/mol. The number of hydrogen-bond acceptors (Lipinski definition) is 8. The summed E-state index contributed by atoms with van der Waals surface area (Å²) in [5.41, 5.74) is 2.29. The summed E-state index contributed by atoms with van der Waals surface area (Å²) in [5.74, 6) is 1.43. The van der Waals surface area contributed by atoms with E-state index in [-0.39, 0.29) is 0 Å². The number of nitrogens with zero attached hydrogens (tertiary/aromatic N) is 5. The number of fused-ring (bicyclic) bond motifs is 1. The van der Waals surface area contributed by atoms with Crippen molar-refractivity contribution < 1.29 is 9.26 Å². The van der Waals surface area contributed by atoms with Crippen molar-refractivity contribution in [2.24, 2.45) is 0 Å². The molecule has 8 heteroatoms. The van der Waals surface area contributed by atoms with Crippen molar-refractivity contribution in [1.82, 2.24) is 19.5 Å². The second kappa shape index (κ2) is 5.04. The summed E-state index contributed by atoms with van der Waals surface area (Å²) in [4.78, 5) is 10.4. The smallest absolute Gasteiger partial charge is 0.263 e. The Morgan fingerprint density at radius 3 is 3.05 bits per heavy atom. The number of hydrogen-bond donors (Lipinski definition) is 0. The van der Waals surface area contributed by atoms with Crippen LogP contribution in [0.3, 0.4) is 0 Å². The second-order valence-corrected chi connectivity index (χ2v) is 4.98. The molecule has 0 aliphatic carbocycles. The van der Waals surface area contributed by atoms with E-state index in [9.17, 15) is 0 Å². The molecular formula is C12H13N5O2S. The molecule has 0 bridgehead atoms. The number of anilines is 1. The molecule has 0 amide bonds. The van der Waals surface area contributed by atoms with Crippen molar-refractivity contribution in [2.75, 3.05) is 19.1 Å². The standard InChI is InChI=1S/C12H13N5O2S/c1-7-9-10(13-6-14-12(9)19-15-7)17(2)4-8-5-20-16-11(8)18-3/h5-6H,4H2,1-3H3. The van der Waals surface area contributed by atoms with E-state index in [1.54, 1.807) is 7.11 Å². The number of aromatic nitrogens is 4. The molecule has 0 spiro atoms. The first-order chi connectivity index (χ1) is 9.70. The van der Waals surface area contributed by atoms with Crippen molar-refractivity contribution in [1.29, 1.82) is 0 Å². The van der Waals surface area contributed by atoms with Crippen LogP contribution in [0.15, 0.2) is 16.2 Å². The van der Waals surface area contributed by atoms with E-state index in [1.165, 1.54) is 17.9 Å². The number of rotatable bonds is 4. The number of aryl methyl sites for hydroxylation is 1. The summed E-state index contributed by atoms with van der Waals surface area (Å²) >= 11 is 1.37. The Morgan fingerprint density at radius 2 is 2.25 bits per heavy atom. The molecule has 104 valence electrons. The zero-order chi connectivity index (χ0) is 14.1. The Morgan fingerprint density at radius 1 is 1.40 bits per heavy atom. The van der Waals surface area contributed by atoms with Gasteiger partial charge in [-0.15, -0.1) is 0 Å². The molecule has 0 saturated heterocycles. The summed E-state index contributed by atoms with van der Waals surface area (Å²) in [6, 6.07) is 0. The van der Waals surface area contributed by atoms with Crippen LogP contribution in [-0.4, -0.2) is 33.7 Å². The fourth-order valence-corrected chi connectivity index (χ4v) is 2.69. The zero-order valence-corrected chi connectivity index (χ0v) is 12.1. The molecule has 20 heavy (non-hydrogen) atoms. The lowest BCUT2D eigenvalue weighted by Gasteiger charge is -2.18. The number of methoxy groups -OCH3 is 1. The van der Waals surface area contributed by atoms with Gasteiger partial charge in [0.05, 0.1) is 19.3 Å². The monoisotopic (exact) mass is 291 g/mol. The van der Waals surface area contributed by atoms with Gasteiger partial charge in [0, 0.05) is 18.0 Å². The quantitative estimate of drug-likeness (QED) is 0.727. The van der Waals surface area contributed by atoms with E-state index in [2.05, 4.69) is 19.5 Å². The van der Waals surface area contributed by atoms with Gasteiger partial charge in [0.2, 0.25) is 5.88 Å². The highest BCUT2D eigenvalue weighted by Crippen LogP contribution is 2.28. The first kappa shape index (κ1) is 12.8. The third-order valence-electron chi connectivity index (χ3n) is 2.99. The largest absolute Gasteiger partial charge is 0.480 e. The molecule has 3 rings (SSSR count). The minimum absolute atomic E-state index is 0.495. The van der Waals surface area contributed by atoms with Gasteiger partial charge in [-0.2, -0.15) is 9.36 Å². The van der Waals surface area contributed by atoms with Crippen LogP contribution in [0.1, 0.15) is 11.3 Å². The predicted octanol–water partition coefficient (Wildman–Crippen LogP) is 2.03. The molecule has 0 aliphatic rings. The van der Waals surface area contributed by atoms with Gasteiger partial charge >= 0.3 is 0 Å². The highest BCUT2D eigenvalue weighted by atomic mass is 32.1. The van der Waals surface area contributed by atoms with E-state index in [0.29, 0.717) is 18.1 Å². The number of ether oxygens (including phenoxy) is 1. The molecule has 3 aromatic rings. The van der Waals surface area contributed by atoms with Gasteiger partial charge in [-0.3, -0.25) is 0 Å². The van der Waals surface area contributed by atoms with Gasteiger partial charge in [0.1, 0.15) is 17.5 Å². The summed E-state index contributed by atoms with van der Waals surface area (Å²) in [6.45, 7) is 2.51. The molecule has 0 atom stereocenters. The minimum atomic E-state index is 0.495. The summed E-state index contributed by atoms with van der Waals surface area (Å²) < 4.78 is 14.6. The van der Waals surface area contributed by atoms with Crippen molar-refractivity contribution in [3.63, 3.8) is 0 Å². The van der Waals surface area contributed by atoms with Crippen molar-refractivity contribution in [2.45, 2.75) is 13.5 Å². The van der Waals surface area contributed by atoms with Crippen LogP contribution in [0, 0.1) is 6.92 Å². The van der Waals surface area contributed by atoms with Crippen molar-refractivity contribution in [3.8, 4) is 5.88 Å². The van der Waals surface area contributed by atoms with Crippen LogP contribution in [0.25, 0.3) is 11.1 Å². The van der Waals surface area contributed by atoms with Gasteiger partial charge in [0.25, 0.3) is 5.71 Å². The van der Waals surface area contributed by atoms with E-state index in [1.807, 2.05) is 24.3 Å². The van der Waals surface area contributed by atoms with Gasteiger partial charge in [-0.05, 0) is 18.5 Å². The van der Waals surface area contributed by atoms with Crippen LogP contribution < -0.4 is 9.64 Å². The molecule has 3 aromatic heterocycles. The molecule has 0 fully saturated rings. The van der Waals surface area contributed by atoms with Crippen molar-refractivity contribution >= 4 is 28.5 Å². The Labute approximate surface area is 119 Å². The first-order valence-electron chi connectivity index (χ1n) is 5.96. The summed E-state index contributed by atoms with van der Waals surface area (Å²) in [5, 5.41) is 6.73. The lowest BCUT2D eigenvalue weighted by atomic mass is 10.2. The summed E-state index contributed by atoms with van der Waals surface area (Å²) in [7, 11) is 3.57. The maximum Gasteiger partial charge on any atom is 0.263 e. The highest BCUT2D eigenvalue weighted by molar-refractivity contribution is 7.03. The molecule has 3 heterocycles. The molecule has 0 radical (unpaired) electrons. The second-order valence-electron chi connectivity index (χ2n) is 4.35. The van der Waals surface area contributed by atoms with E-state index in [4.69, 9.17) is 9.26 Å². The normalized spacial score (nSPS) is 10.9. The highest BCUT2D eigenvalue weighted by Gasteiger charge is 2.17. The molecule has 0 saturated carbocycles. The Kier molecular flexibility index (Phi) is 3.23. The van der Waals surface area contributed by atoms with Crippen LogP contribution in [0.2, 0.25) is 0 Å². The topological polar surface area (TPSA) is 77.2 Å². The molecule has 7 nitrogen and oxygen atoms in total. The van der Waals surface area contributed by atoms with E-state index in [0.717, 1.165) is 22.5 Å². The lowest BCUT2D eigenvalue weighted by molar-refractivity contribution is 0.397. The molecule has 0 aliphatic heterocycles. The van der Waals surface area contributed by atoms with Crippen LogP contribution in [0.5, 0.6) is 5.88 Å². The Balaban J connectivity index is 1.96. The molecule has 0 N–H and O–H groups in total. The third kappa shape index (κ3) is 2.07. The van der Waals surface area contributed by atoms with Crippen LogP contribution in [0.4, 0.5) is 5.82 Å². The maximum atomic E-state index is 5.23. The fraction of sp³-hybridized carbons (Fsp3) is 0.333. The van der Waals surface area contributed by atoms with Gasteiger partial charge < -0.3 is 14.2 Å². The van der Waals surface area contributed by atoms with E-state index < -0.39 is 0 Å². The molecular weight excluding hydrogens is 278 g/mol. The zero-order valence-electron chi connectivity index (χ0n) is 11.3. The Hall–Kier alpha value is -2.22. The lowest BCUT2D eigenvalue weighted by Crippen LogP contribution is -2.18. The van der Waals surface area contributed by atoms with Crippen LogP contribution in [-0.2, 0) is 6.54 Å². The molecule has 0 unspecified atom stereocenters. The van der Waals surface area contributed by atoms with Crippen molar-refractivity contribution in [3.05, 3.63) is 23.0 Å². The van der Waals surface area contributed by atoms with E-state index >= 15 is 0 Å². The predicted molar refractivity (Wildman–Crippen MR) is 75.1 cm³/mol. The third-order valence-corrected chi connectivity index (χ3v) is 3.65. The average Bonchev–Trinajstić information content (AvgIpc) is 3.05. The first-order valence-corrected chi connectivity index (χ1v) is 6.79. The van der Waals surface area contributed by atoms with Gasteiger partial charge in [-0.25, -0.2) is 4.98 Å². The Bertz CT molecular complexity index is 738. The fourth-order valence-electron chi connectivity index (χ4n) is 2.04. The van der Waals surface area contributed by atoms with Gasteiger partial charge in [0.15, 0.2) is 0 Å². The summed E-state index contributed by atoms with van der Waals surface area (Å²) in [6.07, 6.45) is 1.47. The minimum Gasteiger partial charge on any atom is -0.480 e.